The van der Waals surface area contributed by atoms with Crippen molar-refractivity contribution in [2.24, 2.45) is 5.92 Å². The summed E-state index contributed by atoms with van der Waals surface area (Å²) in [5, 5.41) is 7.74. The number of thioether (sulfide) groups is 1. The van der Waals surface area contributed by atoms with Crippen LogP contribution in [0.2, 0.25) is 0 Å². The van der Waals surface area contributed by atoms with E-state index in [1.807, 2.05) is 6.92 Å². The fraction of sp³-hybridized carbons (Fsp3) is 0.722. The van der Waals surface area contributed by atoms with Gasteiger partial charge < -0.3 is 4.90 Å². The highest BCUT2D eigenvalue weighted by Crippen LogP contribution is 2.28. The molecule has 138 valence electrons. The molecule has 1 aromatic heterocycles. The zero-order chi connectivity index (χ0) is 17.8. The Morgan fingerprint density at radius 1 is 1.32 bits per heavy atom. The van der Waals surface area contributed by atoms with Crippen molar-refractivity contribution in [3.05, 3.63) is 17.5 Å². The van der Waals surface area contributed by atoms with Crippen molar-refractivity contribution < 1.29 is 4.79 Å². The van der Waals surface area contributed by atoms with Crippen molar-refractivity contribution in [2.45, 2.75) is 51.2 Å². The van der Waals surface area contributed by atoms with Crippen LogP contribution in [0.4, 0.5) is 0 Å². The fourth-order valence-electron chi connectivity index (χ4n) is 3.62. The van der Waals surface area contributed by atoms with E-state index >= 15 is 0 Å². The lowest BCUT2D eigenvalue weighted by Crippen LogP contribution is -2.44. The van der Waals surface area contributed by atoms with Gasteiger partial charge in [0.1, 0.15) is 5.82 Å². The molecule has 25 heavy (non-hydrogen) atoms. The van der Waals surface area contributed by atoms with E-state index in [-0.39, 0.29) is 5.91 Å². The second kappa shape index (κ2) is 8.36. The first-order chi connectivity index (χ1) is 12.0. The molecule has 0 radical (unpaired) electrons. The second-order valence-electron chi connectivity index (χ2n) is 7.34. The van der Waals surface area contributed by atoms with Crippen molar-refractivity contribution in [3.63, 3.8) is 0 Å². The van der Waals surface area contributed by atoms with Gasteiger partial charge in [0.15, 0.2) is 0 Å². The third-order valence-corrected chi connectivity index (χ3v) is 5.92. The lowest BCUT2D eigenvalue weighted by atomic mass is 9.95. The van der Waals surface area contributed by atoms with Crippen LogP contribution in [0.1, 0.15) is 39.4 Å². The Hall–Kier alpha value is -1.34. The summed E-state index contributed by atoms with van der Waals surface area (Å²) < 4.78 is 0. The maximum absolute atomic E-state index is 12.7. The monoisotopic (exact) mass is 363 g/mol. The molecule has 1 amide bonds. The van der Waals surface area contributed by atoms with Gasteiger partial charge in [0.2, 0.25) is 11.1 Å². The van der Waals surface area contributed by atoms with E-state index in [1.165, 1.54) is 30.2 Å². The zero-order valence-electron chi connectivity index (χ0n) is 15.5. The molecule has 1 N–H and O–H groups in total. The fourth-order valence-corrected chi connectivity index (χ4v) is 4.34. The van der Waals surface area contributed by atoms with Crippen LogP contribution in [-0.2, 0) is 11.2 Å². The zero-order valence-corrected chi connectivity index (χ0v) is 16.3. The van der Waals surface area contributed by atoms with Crippen LogP contribution in [0, 0.1) is 5.92 Å². The Balaban J connectivity index is 1.56. The number of carbonyl (C=O) groups is 1. The predicted octanol–water partition coefficient (Wildman–Crippen LogP) is 2.35. The summed E-state index contributed by atoms with van der Waals surface area (Å²) in [7, 11) is 0. The molecule has 0 spiro atoms. The van der Waals surface area contributed by atoms with Gasteiger partial charge in [-0.1, -0.05) is 30.3 Å². The normalized spacial score (nSPS) is 23.6. The molecule has 1 aromatic rings. The number of piperidine rings is 1. The molecule has 4 heterocycles. The molecule has 3 fully saturated rings. The largest absolute Gasteiger partial charge is 0.340 e. The summed E-state index contributed by atoms with van der Waals surface area (Å²) in [4.78, 5) is 21.7. The molecule has 2 atom stereocenters. The molecule has 2 bridgehead atoms. The Bertz CT molecular complexity index is 625. The van der Waals surface area contributed by atoms with Gasteiger partial charge in [0.05, 0.1) is 5.75 Å². The highest BCUT2D eigenvalue weighted by atomic mass is 32.2. The first kappa shape index (κ1) is 18.5. The quantitative estimate of drug-likeness (QED) is 0.621. The maximum Gasteiger partial charge on any atom is 0.233 e. The molecule has 7 heteroatoms. The lowest BCUT2D eigenvalue weighted by molar-refractivity contribution is -0.128. The summed E-state index contributed by atoms with van der Waals surface area (Å²) >= 11 is 1.44. The number of carbonyl (C=O) groups excluding carboxylic acids is 1. The summed E-state index contributed by atoms with van der Waals surface area (Å²) in [6, 6.07) is 0.499. The summed E-state index contributed by atoms with van der Waals surface area (Å²) in [6.45, 7) is 10.2. The third-order valence-electron chi connectivity index (χ3n) is 5.08. The van der Waals surface area contributed by atoms with Crippen LogP contribution in [0.3, 0.4) is 0 Å². The van der Waals surface area contributed by atoms with E-state index in [2.05, 4.69) is 44.9 Å². The highest BCUT2D eigenvalue weighted by molar-refractivity contribution is 7.99. The Morgan fingerprint density at radius 2 is 2.16 bits per heavy atom. The van der Waals surface area contributed by atoms with E-state index in [1.54, 1.807) is 0 Å². The minimum atomic E-state index is 0.216. The second-order valence-corrected chi connectivity index (χ2v) is 8.28. The van der Waals surface area contributed by atoms with Gasteiger partial charge in [-0.05, 0) is 32.6 Å². The number of H-pyrrole nitrogens is 1. The molecular formula is C18H29N5OS. The molecular weight excluding hydrogens is 334 g/mol. The maximum atomic E-state index is 12.7. The smallest absolute Gasteiger partial charge is 0.233 e. The average molecular weight is 364 g/mol. The van der Waals surface area contributed by atoms with Crippen molar-refractivity contribution >= 4 is 17.7 Å². The van der Waals surface area contributed by atoms with Gasteiger partial charge in [0.25, 0.3) is 0 Å². The Kier molecular flexibility index (Phi) is 6.17. The van der Waals surface area contributed by atoms with Crippen molar-refractivity contribution in [2.75, 3.05) is 31.9 Å². The van der Waals surface area contributed by atoms with Crippen LogP contribution < -0.4 is 0 Å². The van der Waals surface area contributed by atoms with Crippen LogP contribution in [-0.4, -0.2) is 68.9 Å². The third kappa shape index (κ3) is 4.85. The van der Waals surface area contributed by atoms with Crippen LogP contribution in [0.25, 0.3) is 0 Å². The molecule has 3 aliphatic heterocycles. The Morgan fingerprint density at radius 3 is 2.88 bits per heavy atom. The number of aromatic amines is 1. The van der Waals surface area contributed by atoms with Crippen LogP contribution >= 0.6 is 11.8 Å². The number of rotatable bonds is 6. The number of nitrogens with zero attached hydrogens (tertiary/aromatic N) is 4. The van der Waals surface area contributed by atoms with Gasteiger partial charge in [-0.15, -0.1) is 5.10 Å². The summed E-state index contributed by atoms with van der Waals surface area (Å²) in [6.07, 6.45) is 5.59. The highest BCUT2D eigenvalue weighted by Gasteiger charge is 2.35. The van der Waals surface area contributed by atoms with E-state index in [0.29, 0.717) is 22.9 Å². The van der Waals surface area contributed by atoms with E-state index in [9.17, 15) is 4.79 Å². The van der Waals surface area contributed by atoms with Crippen molar-refractivity contribution in [3.8, 4) is 0 Å². The van der Waals surface area contributed by atoms with Gasteiger partial charge in [-0.25, -0.2) is 4.98 Å². The minimum Gasteiger partial charge on any atom is -0.340 e. The first-order valence-corrected chi connectivity index (χ1v) is 10.2. The number of amides is 1. The number of aryl methyl sites for hydroxylation is 1. The van der Waals surface area contributed by atoms with Gasteiger partial charge in [0, 0.05) is 38.6 Å². The number of hydrogen-bond donors (Lipinski definition) is 1. The molecule has 3 saturated heterocycles. The molecule has 0 aromatic carbocycles. The average Bonchev–Trinajstić information content (AvgIpc) is 2.87. The summed E-state index contributed by atoms with van der Waals surface area (Å²) in [5.41, 5.74) is 1.36. The van der Waals surface area contributed by atoms with E-state index < -0.39 is 0 Å². The first-order valence-electron chi connectivity index (χ1n) is 9.24. The van der Waals surface area contributed by atoms with Crippen LogP contribution in [0.5, 0.6) is 0 Å². The van der Waals surface area contributed by atoms with Crippen LogP contribution in [0.15, 0.2) is 16.8 Å². The molecule has 4 rings (SSSR count). The van der Waals surface area contributed by atoms with Crippen molar-refractivity contribution in [1.82, 2.24) is 25.0 Å². The molecule has 0 aliphatic carbocycles. The minimum absolute atomic E-state index is 0.216. The molecule has 0 unspecified atom stereocenters. The van der Waals surface area contributed by atoms with Gasteiger partial charge >= 0.3 is 0 Å². The van der Waals surface area contributed by atoms with Crippen molar-refractivity contribution in [1.29, 1.82) is 0 Å². The van der Waals surface area contributed by atoms with E-state index in [0.717, 1.165) is 38.4 Å². The van der Waals surface area contributed by atoms with Gasteiger partial charge in [-0.3, -0.25) is 14.8 Å². The lowest BCUT2D eigenvalue weighted by Gasteiger charge is -2.35. The number of fused-ring (bicyclic) bond motifs is 4. The summed E-state index contributed by atoms with van der Waals surface area (Å²) in [5.74, 6) is 2.12. The SMILES string of the molecule is CCc1nc(SCC(=O)N2C[C@@H]3CC[C@H](C2)N(CC=C(C)C)C3)n[nH]1. The van der Waals surface area contributed by atoms with E-state index in [4.69, 9.17) is 0 Å². The van der Waals surface area contributed by atoms with Gasteiger partial charge in [-0.2, -0.15) is 0 Å². The Labute approximate surface area is 154 Å². The number of hydrogen-bond acceptors (Lipinski definition) is 5. The molecule has 6 nitrogen and oxygen atoms in total. The number of allylic oxidation sites excluding steroid dienone is 1. The topological polar surface area (TPSA) is 65.1 Å². The number of nitrogens with one attached hydrogen (secondary N) is 1. The standard InChI is InChI=1S/C18H29N5OS/c1-4-16-19-18(21-20-16)25-12-17(24)23-10-14-5-6-15(11-23)22(9-14)8-7-13(2)3/h7,14-15H,4-6,8-12H2,1-3H3,(H,19,20,21)/t14-,15-/m1/s1. The molecule has 3 aliphatic rings. The number of aromatic nitrogens is 3. The molecule has 0 saturated carbocycles. The predicted molar refractivity (Wildman–Crippen MR) is 101 cm³/mol.